The number of H-pyrrole nitrogens is 1. The van der Waals surface area contributed by atoms with Crippen LogP contribution in [0.2, 0.25) is 0 Å². The Bertz CT molecular complexity index is 1000. The molecular weight excluding hydrogens is 354 g/mol. The highest BCUT2D eigenvalue weighted by Gasteiger charge is 2.48. The van der Waals surface area contributed by atoms with Crippen LogP contribution < -0.4 is 16.6 Å². The van der Waals surface area contributed by atoms with E-state index in [2.05, 4.69) is 15.3 Å². The second-order valence-corrected chi connectivity index (χ2v) is 6.99. The summed E-state index contributed by atoms with van der Waals surface area (Å²) in [6.07, 6.45) is 0. The second-order valence-electron chi connectivity index (χ2n) is 6.02. The van der Waals surface area contributed by atoms with E-state index in [9.17, 15) is 14.9 Å². The van der Waals surface area contributed by atoms with Gasteiger partial charge in [-0.05, 0) is 17.0 Å². The van der Waals surface area contributed by atoms with Gasteiger partial charge in [-0.15, -0.1) is 11.3 Å². The summed E-state index contributed by atoms with van der Waals surface area (Å²) < 4.78 is 0. The van der Waals surface area contributed by atoms with Crippen LogP contribution in [0.4, 0.5) is 11.8 Å². The van der Waals surface area contributed by atoms with Crippen molar-refractivity contribution in [3.8, 4) is 0 Å². The molecular formula is C17H15N5O3S. The van der Waals surface area contributed by atoms with E-state index >= 15 is 0 Å². The van der Waals surface area contributed by atoms with Gasteiger partial charge in [0.05, 0.1) is 11.5 Å². The van der Waals surface area contributed by atoms with Gasteiger partial charge >= 0.3 is 0 Å². The van der Waals surface area contributed by atoms with E-state index in [-0.39, 0.29) is 22.3 Å². The van der Waals surface area contributed by atoms with Crippen LogP contribution in [0, 0.1) is 10.1 Å². The highest BCUT2D eigenvalue weighted by atomic mass is 32.1. The van der Waals surface area contributed by atoms with E-state index in [0.717, 1.165) is 4.88 Å². The van der Waals surface area contributed by atoms with E-state index in [1.807, 2.05) is 23.6 Å². The number of thiophene rings is 1. The lowest BCUT2D eigenvalue weighted by Gasteiger charge is -2.34. The molecule has 4 rings (SSSR count). The number of nitro groups is 1. The van der Waals surface area contributed by atoms with Gasteiger partial charge < -0.3 is 11.1 Å². The summed E-state index contributed by atoms with van der Waals surface area (Å²) in [6, 6.07) is 11.0. The van der Waals surface area contributed by atoms with Crippen molar-refractivity contribution >= 4 is 23.1 Å². The standard InChI is InChI=1S/C17H15N5O3S/c18-17-20-15-12(16(23)21-17)11(9-5-2-1-3-6-9)14(22(24)25)13(19-15)10-7-4-8-26-10/h1-8,11,13-14H,(H4,18,19,20,21,23)/t11-,13+,14+/m0/s1. The van der Waals surface area contributed by atoms with Gasteiger partial charge in [-0.3, -0.25) is 19.9 Å². The Balaban J connectivity index is 1.99. The van der Waals surface area contributed by atoms with Crippen LogP contribution >= 0.6 is 11.3 Å². The molecule has 0 spiro atoms. The fourth-order valence-electron chi connectivity index (χ4n) is 3.47. The molecule has 8 nitrogen and oxygen atoms in total. The number of nitrogens with one attached hydrogen (secondary N) is 2. The molecule has 3 heterocycles. The van der Waals surface area contributed by atoms with Gasteiger partial charge in [0.15, 0.2) is 0 Å². The summed E-state index contributed by atoms with van der Waals surface area (Å²) in [5, 5.41) is 17.0. The quantitative estimate of drug-likeness (QED) is 0.480. The molecule has 3 atom stereocenters. The second kappa shape index (κ2) is 6.26. The summed E-state index contributed by atoms with van der Waals surface area (Å²) in [6.45, 7) is 0. The molecule has 1 aliphatic rings. The van der Waals surface area contributed by atoms with Crippen molar-refractivity contribution in [3.05, 3.63) is 84.3 Å². The number of fused-ring (bicyclic) bond motifs is 1. The molecule has 132 valence electrons. The van der Waals surface area contributed by atoms with E-state index in [1.54, 1.807) is 24.3 Å². The minimum Gasteiger partial charge on any atom is -0.369 e. The fourth-order valence-corrected chi connectivity index (χ4v) is 4.29. The highest BCUT2D eigenvalue weighted by molar-refractivity contribution is 7.10. The number of nitrogens with two attached hydrogens (primary N) is 1. The lowest BCUT2D eigenvalue weighted by molar-refractivity contribution is -0.528. The first kappa shape index (κ1) is 16.3. The van der Waals surface area contributed by atoms with Crippen molar-refractivity contribution in [1.29, 1.82) is 0 Å². The van der Waals surface area contributed by atoms with Crippen molar-refractivity contribution in [1.82, 2.24) is 9.97 Å². The minimum absolute atomic E-state index is 0.0301. The molecule has 26 heavy (non-hydrogen) atoms. The normalized spacial score (nSPS) is 21.6. The van der Waals surface area contributed by atoms with E-state index in [0.29, 0.717) is 5.56 Å². The van der Waals surface area contributed by atoms with Crippen LogP contribution in [0.15, 0.2) is 52.6 Å². The summed E-state index contributed by atoms with van der Waals surface area (Å²) in [5.74, 6) is -0.486. The maximum absolute atomic E-state index is 12.6. The molecule has 4 N–H and O–H groups in total. The molecule has 9 heteroatoms. The van der Waals surface area contributed by atoms with Crippen molar-refractivity contribution < 1.29 is 4.92 Å². The minimum atomic E-state index is -1.06. The Labute approximate surface area is 151 Å². The first-order chi connectivity index (χ1) is 12.6. The zero-order valence-electron chi connectivity index (χ0n) is 13.5. The van der Waals surface area contributed by atoms with Crippen LogP contribution in [-0.4, -0.2) is 20.9 Å². The van der Waals surface area contributed by atoms with Crippen molar-refractivity contribution in [2.45, 2.75) is 18.0 Å². The fraction of sp³-hybridized carbons (Fsp3) is 0.176. The number of anilines is 2. The number of aromatic nitrogens is 2. The Hall–Kier alpha value is -3.20. The van der Waals surface area contributed by atoms with Crippen LogP contribution in [0.5, 0.6) is 0 Å². The maximum Gasteiger partial charge on any atom is 0.258 e. The first-order valence-corrected chi connectivity index (χ1v) is 8.82. The number of hydrogen-bond donors (Lipinski definition) is 3. The van der Waals surface area contributed by atoms with Gasteiger partial charge in [0.2, 0.25) is 12.0 Å². The van der Waals surface area contributed by atoms with E-state index < -0.39 is 23.6 Å². The first-order valence-electron chi connectivity index (χ1n) is 7.94. The molecule has 1 aromatic carbocycles. The third kappa shape index (κ3) is 2.62. The lowest BCUT2D eigenvalue weighted by Crippen LogP contribution is -2.44. The van der Waals surface area contributed by atoms with E-state index in [4.69, 9.17) is 5.73 Å². The molecule has 0 saturated heterocycles. The molecule has 0 radical (unpaired) electrons. The Morgan fingerprint density at radius 1 is 1.19 bits per heavy atom. The largest absolute Gasteiger partial charge is 0.369 e. The van der Waals surface area contributed by atoms with Crippen molar-refractivity contribution in [2.75, 3.05) is 11.1 Å². The highest BCUT2D eigenvalue weighted by Crippen LogP contribution is 2.43. The molecule has 2 aromatic heterocycles. The third-order valence-corrected chi connectivity index (χ3v) is 5.47. The molecule has 0 amide bonds. The molecule has 0 aliphatic carbocycles. The molecule has 3 aromatic rings. The van der Waals surface area contributed by atoms with Gasteiger partial charge in [0.25, 0.3) is 5.56 Å². The number of nitrogen functional groups attached to an aromatic ring is 1. The van der Waals surface area contributed by atoms with Gasteiger partial charge in [-0.1, -0.05) is 36.4 Å². The number of aromatic amines is 1. The van der Waals surface area contributed by atoms with Crippen LogP contribution in [-0.2, 0) is 0 Å². The Morgan fingerprint density at radius 2 is 1.96 bits per heavy atom. The van der Waals surface area contributed by atoms with Gasteiger partial charge in [-0.25, -0.2) is 0 Å². The molecule has 0 unspecified atom stereocenters. The van der Waals surface area contributed by atoms with Crippen molar-refractivity contribution in [2.24, 2.45) is 0 Å². The number of rotatable bonds is 3. The van der Waals surface area contributed by atoms with Crippen LogP contribution in [0.25, 0.3) is 0 Å². The SMILES string of the molecule is Nc1nc2c(c(=O)[nH]1)[C@H](c1ccccc1)[C@@H]([N+](=O)[O-])[C@@H](c1cccs1)N2. The third-order valence-electron chi connectivity index (χ3n) is 4.51. The smallest absolute Gasteiger partial charge is 0.258 e. The summed E-state index contributed by atoms with van der Waals surface area (Å²) in [5.41, 5.74) is 6.15. The number of hydrogen-bond acceptors (Lipinski definition) is 7. The molecule has 0 fully saturated rings. The zero-order chi connectivity index (χ0) is 18.3. The average molecular weight is 369 g/mol. The zero-order valence-corrected chi connectivity index (χ0v) is 14.3. The van der Waals surface area contributed by atoms with Gasteiger partial charge in [0.1, 0.15) is 11.9 Å². The summed E-state index contributed by atoms with van der Waals surface area (Å²) in [4.78, 5) is 31.8. The Morgan fingerprint density at radius 3 is 2.62 bits per heavy atom. The van der Waals surface area contributed by atoms with Crippen LogP contribution in [0.1, 0.15) is 28.0 Å². The monoisotopic (exact) mass is 369 g/mol. The van der Waals surface area contributed by atoms with Crippen molar-refractivity contribution in [3.63, 3.8) is 0 Å². The molecule has 0 bridgehead atoms. The molecule has 0 saturated carbocycles. The molecule has 1 aliphatic heterocycles. The van der Waals surface area contributed by atoms with Gasteiger partial charge in [-0.2, -0.15) is 4.98 Å². The number of nitrogens with zero attached hydrogens (tertiary/aromatic N) is 2. The maximum atomic E-state index is 12.6. The number of benzene rings is 1. The summed E-state index contributed by atoms with van der Waals surface area (Å²) >= 11 is 1.42. The summed E-state index contributed by atoms with van der Waals surface area (Å²) in [7, 11) is 0. The van der Waals surface area contributed by atoms with Gasteiger partial charge in [0, 0.05) is 9.80 Å². The van der Waals surface area contributed by atoms with Crippen LogP contribution in [0.3, 0.4) is 0 Å². The average Bonchev–Trinajstić information content (AvgIpc) is 3.15. The topological polar surface area (TPSA) is 127 Å². The lowest BCUT2D eigenvalue weighted by atomic mass is 9.79. The Kier molecular flexibility index (Phi) is 3.92. The predicted octanol–water partition coefficient (Wildman–Crippen LogP) is 2.36. The van der Waals surface area contributed by atoms with E-state index in [1.165, 1.54) is 11.3 Å². The predicted molar refractivity (Wildman–Crippen MR) is 99.0 cm³/mol.